The van der Waals surface area contributed by atoms with Crippen molar-refractivity contribution in [2.75, 3.05) is 11.9 Å². The van der Waals surface area contributed by atoms with Crippen molar-refractivity contribution in [1.29, 1.82) is 0 Å². The molecule has 1 amide bonds. The topological polar surface area (TPSA) is 32.3 Å². The Morgan fingerprint density at radius 2 is 1.82 bits per heavy atom. The molecule has 4 rings (SSSR count). The first kappa shape index (κ1) is 19.3. The van der Waals surface area contributed by atoms with Gasteiger partial charge in [0.2, 0.25) is 5.91 Å². The van der Waals surface area contributed by atoms with Gasteiger partial charge >= 0.3 is 0 Å². The van der Waals surface area contributed by atoms with Gasteiger partial charge in [0.15, 0.2) is 0 Å². The number of hydrogen-bond donors (Lipinski definition) is 1. The van der Waals surface area contributed by atoms with Gasteiger partial charge in [0.1, 0.15) is 0 Å². The molecule has 0 aliphatic heterocycles. The van der Waals surface area contributed by atoms with Crippen LogP contribution in [0.4, 0.5) is 5.69 Å². The number of halogens is 2. The molecule has 3 nitrogen and oxygen atoms in total. The maximum atomic E-state index is 12.4. The van der Waals surface area contributed by atoms with Crippen molar-refractivity contribution in [2.45, 2.75) is 31.8 Å². The Kier molecular flexibility index (Phi) is 5.86. The monoisotopic (exact) mass is 412 g/mol. The molecule has 1 saturated carbocycles. The van der Waals surface area contributed by atoms with E-state index in [-0.39, 0.29) is 5.91 Å². The lowest BCUT2D eigenvalue weighted by atomic mass is 10.0. The molecule has 1 aliphatic rings. The Bertz CT molecular complexity index is 996. The minimum Gasteiger partial charge on any atom is -0.325 e. The lowest BCUT2D eigenvalue weighted by Gasteiger charge is -2.23. The van der Waals surface area contributed by atoms with Crippen LogP contribution in [0.3, 0.4) is 0 Å². The van der Waals surface area contributed by atoms with Crippen LogP contribution in [0, 0.1) is 0 Å². The highest BCUT2D eigenvalue weighted by Crippen LogP contribution is 2.30. The summed E-state index contributed by atoms with van der Waals surface area (Å²) in [7, 11) is 0. The van der Waals surface area contributed by atoms with Crippen LogP contribution in [0.25, 0.3) is 10.8 Å². The Labute approximate surface area is 175 Å². The van der Waals surface area contributed by atoms with E-state index in [1.54, 1.807) is 18.2 Å². The average molecular weight is 413 g/mol. The number of amides is 1. The number of carbonyl (C=O) groups is 1. The Balaban J connectivity index is 1.41. The molecule has 0 unspecified atom stereocenters. The van der Waals surface area contributed by atoms with Gasteiger partial charge in [0.25, 0.3) is 0 Å². The summed E-state index contributed by atoms with van der Waals surface area (Å²) in [4.78, 5) is 14.9. The summed E-state index contributed by atoms with van der Waals surface area (Å²) < 4.78 is 0. The number of rotatable bonds is 7. The number of nitrogens with zero attached hydrogens (tertiary/aromatic N) is 1. The average Bonchev–Trinajstić information content (AvgIpc) is 3.53. The van der Waals surface area contributed by atoms with Gasteiger partial charge in [-0.25, -0.2) is 0 Å². The summed E-state index contributed by atoms with van der Waals surface area (Å²) in [6, 6.07) is 20.5. The summed E-state index contributed by atoms with van der Waals surface area (Å²) in [5.41, 5.74) is 1.87. The van der Waals surface area contributed by atoms with Crippen molar-refractivity contribution >= 4 is 45.6 Å². The van der Waals surface area contributed by atoms with Gasteiger partial charge in [-0.1, -0.05) is 65.7 Å². The Hall–Kier alpha value is -2.07. The lowest BCUT2D eigenvalue weighted by Crippen LogP contribution is -2.29. The first-order valence-electron chi connectivity index (χ1n) is 9.56. The van der Waals surface area contributed by atoms with Crippen molar-refractivity contribution in [3.63, 3.8) is 0 Å². The minimum atomic E-state index is -0.0484. The minimum absolute atomic E-state index is 0.0484. The summed E-state index contributed by atoms with van der Waals surface area (Å²) in [5, 5.41) is 6.46. The van der Waals surface area contributed by atoms with Crippen LogP contribution >= 0.6 is 23.2 Å². The third-order valence-electron chi connectivity index (χ3n) is 5.15. The third kappa shape index (κ3) is 4.67. The van der Waals surface area contributed by atoms with Crippen molar-refractivity contribution < 1.29 is 4.79 Å². The van der Waals surface area contributed by atoms with E-state index in [0.29, 0.717) is 28.2 Å². The number of anilines is 1. The molecule has 0 saturated heterocycles. The lowest BCUT2D eigenvalue weighted by molar-refractivity contribution is -0.116. The zero-order chi connectivity index (χ0) is 19.5. The van der Waals surface area contributed by atoms with Crippen LogP contribution in [0.15, 0.2) is 60.7 Å². The highest BCUT2D eigenvalue weighted by atomic mass is 35.5. The zero-order valence-electron chi connectivity index (χ0n) is 15.5. The van der Waals surface area contributed by atoms with E-state index < -0.39 is 0 Å². The first-order chi connectivity index (χ1) is 13.6. The molecule has 1 aliphatic carbocycles. The normalized spacial score (nSPS) is 13.8. The van der Waals surface area contributed by atoms with E-state index in [1.165, 1.54) is 29.2 Å². The van der Waals surface area contributed by atoms with Crippen LogP contribution in [-0.2, 0) is 11.3 Å². The number of fused-ring (bicyclic) bond motifs is 1. The van der Waals surface area contributed by atoms with Crippen molar-refractivity contribution in [1.82, 2.24) is 4.90 Å². The van der Waals surface area contributed by atoms with Gasteiger partial charge in [-0.2, -0.15) is 0 Å². The standard InChI is InChI=1S/C23H22Cl2N2O/c24-18-8-11-21(25)22(14-18)26-23(28)12-13-27(19-9-10-19)15-17-6-3-5-16-4-1-2-7-20(16)17/h1-8,11,14,19H,9-10,12-13,15H2,(H,26,28). The fourth-order valence-electron chi connectivity index (χ4n) is 3.53. The fourth-order valence-corrected chi connectivity index (χ4v) is 3.87. The molecule has 5 heteroatoms. The highest BCUT2D eigenvalue weighted by molar-refractivity contribution is 6.35. The molecule has 28 heavy (non-hydrogen) atoms. The molecule has 0 atom stereocenters. The maximum Gasteiger partial charge on any atom is 0.225 e. The smallest absolute Gasteiger partial charge is 0.225 e. The van der Waals surface area contributed by atoms with Gasteiger partial charge in [0.05, 0.1) is 10.7 Å². The van der Waals surface area contributed by atoms with Gasteiger partial charge in [-0.3, -0.25) is 9.69 Å². The molecule has 1 fully saturated rings. The second-order valence-electron chi connectivity index (χ2n) is 7.26. The largest absolute Gasteiger partial charge is 0.325 e. The SMILES string of the molecule is O=C(CCN(Cc1cccc2ccccc12)C1CC1)Nc1cc(Cl)ccc1Cl. The second kappa shape index (κ2) is 8.52. The number of carbonyl (C=O) groups excluding carboxylic acids is 1. The van der Waals surface area contributed by atoms with E-state index in [1.807, 2.05) is 0 Å². The summed E-state index contributed by atoms with van der Waals surface area (Å²) in [5.74, 6) is -0.0484. The van der Waals surface area contributed by atoms with E-state index in [2.05, 4.69) is 52.7 Å². The van der Waals surface area contributed by atoms with Gasteiger partial charge in [-0.05, 0) is 47.4 Å². The predicted molar refractivity (Wildman–Crippen MR) is 117 cm³/mol. The summed E-state index contributed by atoms with van der Waals surface area (Å²) in [6.07, 6.45) is 2.82. The van der Waals surface area contributed by atoms with Gasteiger partial charge in [-0.15, -0.1) is 0 Å². The molecule has 3 aromatic rings. The first-order valence-corrected chi connectivity index (χ1v) is 10.3. The maximum absolute atomic E-state index is 12.4. The number of nitrogens with one attached hydrogen (secondary N) is 1. The molecule has 0 spiro atoms. The van der Waals surface area contributed by atoms with Crippen LogP contribution in [-0.4, -0.2) is 23.4 Å². The quantitative estimate of drug-likeness (QED) is 0.505. The predicted octanol–water partition coefficient (Wildman–Crippen LogP) is 6.14. The third-order valence-corrected chi connectivity index (χ3v) is 5.71. The molecular formula is C23H22Cl2N2O. The molecule has 144 valence electrons. The Morgan fingerprint density at radius 1 is 1.04 bits per heavy atom. The second-order valence-corrected chi connectivity index (χ2v) is 8.11. The van der Waals surface area contributed by atoms with E-state index in [0.717, 1.165) is 13.1 Å². The Morgan fingerprint density at radius 3 is 2.64 bits per heavy atom. The zero-order valence-corrected chi connectivity index (χ0v) is 17.0. The molecule has 1 N–H and O–H groups in total. The highest BCUT2D eigenvalue weighted by Gasteiger charge is 2.29. The van der Waals surface area contributed by atoms with E-state index >= 15 is 0 Å². The van der Waals surface area contributed by atoms with Crippen LogP contribution in [0.1, 0.15) is 24.8 Å². The summed E-state index contributed by atoms with van der Waals surface area (Å²) >= 11 is 12.1. The van der Waals surface area contributed by atoms with E-state index in [4.69, 9.17) is 23.2 Å². The number of hydrogen-bond acceptors (Lipinski definition) is 2. The van der Waals surface area contributed by atoms with Gasteiger partial charge < -0.3 is 5.32 Å². The van der Waals surface area contributed by atoms with Crippen molar-refractivity contribution in [3.8, 4) is 0 Å². The van der Waals surface area contributed by atoms with Crippen molar-refractivity contribution in [3.05, 3.63) is 76.3 Å². The molecule has 0 radical (unpaired) electrons. The fraction of sp³-hybridized carbons (Fsp3) is 0.261. The molecular weight excluding hydrogens is 391 g/mol. The molecule has 0 heterocycles. The van der Waals surface area contributed by atoms with E-state index in [9.17, 15) is 4.79 Å². The summed E-state index contributed by atoms with van der Waals surface area (Å²) in [6.45, 7) is 1.58. The van der Waals surface area contributed by atoms with Crippen LogP contribution < -0.4 is 5.32 Å². The van der Waals surface area contributed by atoms with Gasteiger partial charge in [0, 0.05) is 30.6 Å². The van der Waals surface area contributed by atoms with Crippen molar-refractivity contribution in [2.24, 2.45) is 0 Å². The molecule has 0 aromatic heterocycles. The number of benzene rings is 3. The molecule has 3 aromatic carbocycles. The van der Waals surface area contributed by atoms with Crippen LogP contribution in [0.2, 0.25) is 10.0 Å². The van der Waals surface area contributed by atoms with Crippen LogP contribution in [0.5, 0.6) is 0 Å². The molecule has 0 bridgehead atoms.